The molecule has 0 radical (unpaired) electrons. The smallest absolute Gasteiger partial charge is 0.303 e. The second-order valence-corrected chi connectivity index (χ2v) is 3.33. The number of hydrogen-bond acceptors (Lipinski definition) is 4. The molecule has 6 heteroatoms. The third-order valence-electron chi connectivity index (χ3n) is 1.57. The Morgan fingerprint density at radius 2 is 1.93 bits per heavy atom. The second kappa shape index (κ2) is 5.56. The van der Waals surface area contributed by atoms with Gasteiger partial charge in [0.2, 0.25) is 5.91 Å². The van der Waals surface area contributed by atoms with Gasteiger partial charge in [-0.3, -0.25) is 9.59 Å². The van der Waals surface area contributed by atoms with Crippen molar-refractivity contribution in [1.82, 2.24) is 5.32 Å². The lowest BCUT2D eigenvalue weighted by Crippen LogP contribution is -2.43. The number of aliphatic hydroxyl groups excluding tert-OH is 1. The van der Waals surface area contributed by atoms with Crippen LogP contribution in [-0.4, -0.2) is 45.9 Å². The quantitative estimate of drug-likeness (QED) is 0.431. The summed E-state index contributed by atoms with van der Waals surface area (Å²) in [6, 6.07) is 0. The summed E-state index contributed by atoms with van der Waals surface area (Å²) in [4.78, 5) is 21.0. The second-order valence-electron chi connectivity index (χ2n) is 3.33. The highest BCUT2D eigenvalue weighted by Crippen LogP contribution is 1.99. The molecule has 0 rings (SSSR count). The van der Waals surface area contributed by atoms with Gasteiger partial charge in [-0.2, -0.15) is 0 Å². The number of aliphatic carboxylic acids is 1. The van der Waals surface area contributed by atoms with Crippen molar-refractivity contribution in [3.8, 4) is 0 Å². The number of carboxylic acids is 1. The highest BCUT2D eigenvalue weighted by Gasteiger charge is 2.19. The molecule has 0 bridgehead atoms. The molecule has 0 heterocycles. The summed E-state index contributed by atoms with van der Waals surface area (Å²) in [6.07, 6.45) is -0.371. The van der Waals surface area contributed by atoms with E-state index in [9.17, 15) is 14.7 Å². The predicted molar refractivity (Wildman–Crippen MR) is 47.6 cm³/mol. The average Bonchev–Trinajstić information content (AvgIpc) is 2.11. The van der Waals surface area contributed by atoms with E-state index in [1.54, 1.807) is 0 Å². The minimum Gasteiger partial charge on any atom is -0.481 e. The van der Waals surface area contributed by atoms with Crippen LogP contribution in [0.15, 0.2) is 0 Å². The number of rotatable bonds is 6. The molecule has 0 aromatic carbocycles. The molecular weight excluding hydrogens is 190 g/mol. The molecule has 0 spiro atoms. The third kappa shape index (κ3) is 6.38. The first kappa shape index (κ1) is 12.9. The van der Waals surface area contributed by atoms with Crippen LogP contribution < -0.4 is 5.32 Å². The summed E-state index contributed by atoms with van der Waals surface area (Å²) in [5, 5.41) is 28.5. The molecule has 0 saturated carbocycles. The number of nitrogens with one attached hydrogen (secondary N) is 1. The summed E-state index contributed by atoms with van der Waals surface area (Å²) < 4.78 is 0. The average molecular weight is 205 g/mol. The molecule has 0 saturated heterocycles. The minimum atomic E-state index is -1.36. The first-order valence-electron chi connectivity index (χ1n) is 4.19. The van der Waals surface area contributed by atoms with Crippen LogP contribution >= 0.6 is 0 Å². The van der Waals surface area contributed by atoms with Crippen molar-refractivity contribution in [3.63, 3.8) is 0 Å². The highest BCUT2D eigenvalue weighted by molar-refractivity contribution is 5.80. The maximum absolute atomic E-state index is 10.9. The van der Waals surface area contributed by atoms with Crippen molar-refractivity contribution in [2.24, 2.45) is 0 Å². The SMILES string of the molecule is CC(O)(CO)CNC(=O)CCC(=O)O. The van der Waals surface area contributed by atoms with Crippen molar-refractivity contribution in [2.45, 2.75) is 25.4 Å². The van der Waals surface area contributed by atoms with Crippen LogP contribution in [0.1, 0.15) is 19.8 Å². The van der Waals surface area contributed by atoms with E-state index in [2.05, 4.69) is 5.32 Å². The molecular formula is C8H15NO5. The molecule has 0 aromatic rings. The molecule has 4 N–H and O–H groups in total. The predicted octanol–water partition coefficient (Wildman–Crippen LogP) is -1.29. The molecule has 82 valence electrons. The molecule has 0 aromatic heterocycles. The largest absolute Gasteiger partial charge is 0.481 e. The van der Waals surface area contributed by atoms with E-state index < -0.39 is 24.1 Å². The highest BCUT2D eigenvalue weighted by atomic mass is 16.4. The van der Waals surface area contributed by atoms with Gasteiger partial charge >= 0.3 is 5.97 Å². The first-order valence-corrected chi connectivity index (χ1v) is 4.19. The van der Waals surface area contributed by atoms with Gasteiger partial charge in [-0.25, -0.2) is 0 Å². The lowest BCUT2D eigenvalue weighted by Gasteiger charge is -2.20. The maximum Gasteiger partial charge on any atom is 0.303 e. The summed E-state index contributed by atoms with van der Waals surface area (Å²) in [6.45, 7) is 0.804. The minimum absolute atomic E-state index is 0.0953. The van der Waals surface area contributed by atoms with Gasteiger partial charge in [0.1, 0.15) is 5.60 Å². The number of carbonyl (C=O) groups is 2. The molecule has 1 amide bonds. The Morgan fingerprint density at radius 1 is 1.36 bits per heavy atom. The number of carbonyl (C=O) groups excluding carboxylic acids is 1. The zero-order valence-electron chi connectivity index (χ0n) is 7.99. The van der Waals surface area contributed by atoms with Crippen molar-refractivity contribution in [1.29, 1.82) is 0 Å². The zero-order valence-corrected chi connectivity index (χ0v) is 7.99. The summed E-state index contributed by atoms with van der Waals surface area (Å²) in [5.41, 5.74) is -1.36. The number of carboxylic acid groups (broad SMARTS) is 1. The fraction of sp³-hybridized carbons (Fsp3) is 0.750. The van der Waals surface area contributed by atoms with Gasteiger partial charge in [-0.15, -0.1) is 0 Å². The van der Waals surface area contributed by atoms with Crippen LogP contribution in [0.5, 0.6) is 0 Å². The topological polar surface area (TPSA) is 107 Å². The molecule has 1 unspecified atom stereocenters. The van der Waals surface area contributed by atoms with E-state index in [-0.39, 0.29) is 19.4 Å². The molecule has 0 fully saturated rings. The van der Waals surface area contributed by atoms with Crippen molar-refractivity contribution >= 4 is 11.9 Å². The zero-order chi connectivity index (χ0) is 11.2. The van der Waals surface area contributed by atoms with Gasteiger partial charge in [-0.05, 0) is 6.92 Å². The van der Waals surface area contributed by atoms with Crippen LogP contribution in [-0.2, 0) is 9.59 Å². The Hall–Kier alpha value is -1.14. The van der Waals surface area contributed by atoms with Crippen LogP contribution in [0.2, 0.25) is 0 Å². The number of aliphatic hydroxyl groups is 2. The van der Waals surface area contributed by atoms with Crippen LogP contribution in [0, 0.1) is 0 Å². The number of amides is 1. The Morgan fingerprint density at radius 3 is 2.36 bits per heavy atom. The summed E-state index contributed by atoms with van der Waals surface area (Å²) in [5.74, 6) is -1.50. The van der Waals surface area contributed by atoms with Crippen molar-refractivity contribution < 1.29 is 24.9 Å². The molecule has 0 aliphatic carbocycles. The Labute approximate surface area is 81.5 Å². The lowest BCUT2D eigenvalue weighted by molar-refractivity contribution is -0.139. The fourth-order valence-electron chi connectivity index (χ4n) is 0.654. The first-order chi connectivity index (χ1) is 6.37. The molecule has 1 atom stereocenters. The van der Waals surface area contributed by atoms with Gasteiger partial charge in [0.25, 0.3) is 0 Å². The number of hydrogen-bond donors (Lipinski definition) is 4. The molecule has 14 heavy (non-hydrogen) atoms. The summed E-state index contributed by atoms with van der Waals surface area (Å²) in [7, 11) is 0. The van der Waals surface area contributed by atoms with Crippen LogP contribution in [0.3, 0.4) is 0 Å². The Kier molecular flexibility index (Phi) is 5.11. The third-order valence-corrected chi connectivity index (χ3v) is 1.57. The molecule has 0 aliphatic heterocycles. The van der Waals surface area contributed by atoms with Crippen molar-refractivity contribution in [2.75, 3.05) is 13.2 Å². The fourth-order valence-corrected chi connectivity index (χ4v) is 0.654. The van der Waals surface area contributed by atoms with Crippen molar-refractivity contribution in [3.05, 3.63) is 0 Å². The Balaban J connectivity index is 3.69. The van der Waals surface area contributed by atoms with E-state index in [4.69, 9.17) is 10.2 Å². The monoisotopic (exact) mass is 205 g/mol. The van der Waals surface area contributed by atoms with Gasteiger partial charge in [-0.1, -0.05) is 0 Å². The van der Waals surface area contributed by atoms with E-state index in [0.29, 0.717) is 0 Å². The lowest BCUT2D eigenvalue weighted by atomic mass is 10.1. The normalized spacial score (nSPS) is 14.5. The van der Waals surface area contributed by atoms with Gasteiger partial charge < -0.3 is 20.6 Å². The van der Waals surface area contributed by atoms with Gasteiger partial charge in [0.15, 0.2) is 0 Å². The van der Waals surface area contributed by atoms with Gasteiger partial charge in [0, 0.05) is 13.0 Å². The van der Waals surface area contributed by atoms with Crippen LogP contribution in [0.25, 0.3) is 0 Å². The van der Waals surface area contributed by atoms with E-state index in [1.165, 1.54) is 6.92 Å². The van der Waals surface area contributed by atoms with E-state index in [1.807, 2.05) is 0 Å². The molecule has 0 aliphatic rings. The summed E-state index contributed by atoms with van der Waals surface area (Å²) >= 11 is 0. The van der Waals surface area contributed by atoms with Gasteiger partial charge in [0.05, 0.1) is 13.0 Å². The molecule has 6 nitrogen and oxygen atoms in total. The van der Waals surface area contributed by atoms with Crippen LogP contribution in [0.4, 0.5) is 0 Å². The van der Waals surface area contributed by atoms with E-state index in [0.717, 1.165) is 0 Å². The van der Waals surface area contributed by atoms with E-state index >= 15 is 0 Å². The Bertz CT molecular complexity index is 214. The standard InChI is InChI=1S/C8H15NO5/c1-8(14,5-10)4-9-6(11)2-3-7(12)13/h10,14H,2-5H2,1H3,(H,9,11)(H,12,13). The maximum atomic E-state index is 10.9.